The fraction of sp³-hybridized carbons (Fsp3) is 0.909. The number of carbonyl (C=O) groups excluding carboxylic acids is 1. The maximum Gasteiger partial charge on any atom is 0.319 e. The molecule has 1 heterocycles. The predicted octanol–water partition coefficient (Wildman–Crippen LogP) is 1.85. The molecule has 1 saturated heterocycles. The van der Waals surface area contributed by atoms with Gasteiger partial charge in [-0.2, -0.15) is 0 Å². The van der Waals surface area contributed by atoms with E-state index in [0.29, 0.717) is 11.2 Å². The first kappa shape index (κ1) is 11.3. The smallest absolute Gasteiger partial charge is 0.319 e. The molecular weight excluding hydrogens is 212 g/mol. The molecule has 3 atom stereocenters. The van der Waals surface area contributed by atoms with E-state index in [-0.39, 0.29) is 17.3 Å². The maximum absolute atomic E-state index is 11.6. The first-order valence-electron chi connectivity index (χ1n) is 5.57. The highest BCUT2D eigenvalue weighted by Crippen LogP contribution is 2.43. The Morgan fingerprint density at radius 1 is 1.47 bits per heavy atom. The molecule has 1 aliphatic carbocycles. The lowest BCUT2D eigenvalue weighted by Crippen LogP contribution is -2.26. The second-order valence-corrected chi connectivity index (χ2v) is 5.71. The van der Waals surface area contributed by atoms with Crippen LogP contribution in [-0.4, -0.2) is 36.3 Å². The topological polar surface area (TPSA) is 35.5 Å². The van der Waals surface area contributed by atoms with Crippen molar-refractivity contribution in [2.24, 2.45) is 5.92 Å². The van der Waals surface area contributed by atoms with E-state index in [1.54, 1.807) is 11.8 Å². The maximum atomic E-state index is 11.6. The normalized spacial score (nSPS) is 32.7. The quantitative estimate of drug-likeness (QED) is 0.690. The van der Waals surface area contributed by atoms with Gasteiger partial charge in [-0.05, 0) is 32.1 Å². The Bertz CT molecular complexity index is 240. The van der Waals surface area contributed by atoms with E-state index in [1.165, 1.54) is 20.0 Å². The highest BCUT2D eigenvalue weighted by Gasteiger charge is 2.40. The molecule has 0 radical (unpaired) electrons. The molecule has 0 aromatic heterocycles. The van der Waals surface area contributed by atoms with E-state index in [9.17, 15) is 4.79 Å². The largest absolute Gasteiger partial charge is 0.468 e. The van der Waals surface area contributed by atoms with Crippen LogP contribution in [0.2, 0.25) is 0 Å². The zero-order valence-electron chi connectivity index (χ0n) is 9.27. The highest BCUT2D eigenvalue weighted by atomic mass is 32.2. The summed E-state index contributed by atoms with van der Waals surface area (Å²) in [5, 5.41) is 0.513. The van der Waals surface area contributed by atoms with Gasteiger partial charge in [0.15, 0.2) is 0 Å². The Hall–Kier alpha value is -0.220. The van der Waals surface area contributed by atoms with E-state index < -0.39 is 0 Å². The molecule has 2 aliphatic rings. The minimum Gasteiger partial charge on any atom is -0.468 e. The number of ether oxygens (including phenoxy) is 2. The monoisotopic (exact) mass is 230 g/mol. The molecule has 2 fully saturated rings. The standard InChI is InChI=1S/C11H18O3S/c1-7-9(5-6-14-7)15-10(8-3-4-8)11(12)13-2/h7-10H,3-6H2,1-2H3. The highest BCUT2D eigenvalue weighted by molar-refractivity contribution is 8.01. The molecule has 15 heavy (non-hydrogen) atoms. The van der Waals surface area contributed by atoms with Crippen molar-refractivity contribution in [1.29, 1.82) is 0 Å². The van der Waals surface area contributed by atoms with Gasteiger partial charge in [0.1, 0.15) is 5.25 Å². The van der Waals surface area contributed by atoms with Crippen LogP contribution in [-0.2, 0) is 14.3 Å². The molecule has 0 spiro atoms. The molecular formula is C11H18O3S. The molecule has 3 nitrogen and oxygen atoms in total. The van der Waals surface area contributed by atoms with Crippen molar-refractivity contribution >= 4 is 17.7 Å². The molecule has 1 aliphatic heterocycles. The number of esters is 1. The molecule has 0 amide bonds. The summed E-state index contributed by atoms with van der Waals surface area (Å²) < 4.78 is 10.4. The molecule has 2 rings (SSSR count). The van der Waals surface area contributed by atoms with Crippen LogP contribution in [0.15, 0.2) is 0 Å². The van der Waals surface area contributed by atoms with Crippen molar-refractivity contribution in [2.45, 2.75) is 42.8 Å². The summed E-state index contributed by atoms with van der Waals surface area (Å²) in [7, 11) is 1.48. The molecule has 3 unspecified atom stereocenters. The van der Waals surface area contributed by atoms with Gasteiger partial charge >= 0.3 is 5.97 Å². The first-order chi connectivity index (χ1) is 7.22. The Morgan fingerprint density at radius 2 is 2.20 bits per heavy atom. The molecule has 0 bridgehead atoms. The fourth-order valence-electron chi connectivity index (χ4n) is 1.95. The number of rotatable bonds is 4. The minimum atomic E-state index is -0.0541. The van der Waals surface area contributed by atoms with E-state index in [1.807, 2.05) is 0 Å². The number of hydrogen-bond acceptors (Lipinski definition) is 4. The van der Waals surface area contributed by atoms with E-state index in [2.05, 4.69) is 6.92 Å². The van der Waals surface area contributed by atoms with Crippen LogP contribution in [0.5, 0.6) is 0 Å². The zero-order chi connectivity index (χ0) is 10.8. The first-order valence-corrected chi connectivity index (χ1v) is 6.51. The van der Waals surface area contributed by atoms with Crippen molar-refractivity contribution < 1.29 is 14.3 Å². The van der Waals surface area contributed by atoms with Crippen LogP contribution in [0, 0.1) is 5.92 Å². The molecule has 0 N–H and O–H groups in total. The summed E-state index contributed by atoms with van der Waals surface area (Å²) in [5.41, 5.74) is 0. The third-order valence-electron chi connectivity index (χ3n) is 3.11. The zero-order valence-corrected chi connectivity index (χ0v) is 10.1. The van der Waals surface area contributed by atoms with Gasteiger partial charge in [0.2, 0.25) is 0 Å². The van der Waals surface area contributed by atoms with Gasteiger partial charge in [0.25, 0.3) is 0 Å². The summed E-state index contributed by atoms with van der Waals surface area (Å²) >= 11 is 1.76. The lowest BCUT2D eigenvalue weighted by Gasteiger charge is -2.19. The second kappa shape index (κ2) is 4.74. The molecule has 0 aromatic rings. The summed E-state index contributed by atoms with van der Waals surface area (Å²) in [6.07, 6.45) is 3.69. The van der Waals surface area contributed by atoms with Crippen molar-refractivity contribution in [2.75, 3.05) is 13.7 Å². The van der Waals surface area contributed by atoms with Crippen molar-refractivity contribution in [1.82, 2.24) is 0 Å². The lowest BCUT2D eigenvalue weighted by molar-refractivity contribution is -0.140. The summed E-state index contributed by atoms with van der Waals surface area (Å²) in [5.74, 6) is 0.497. The van der Waals surface area contributed by atoms with Crippen LogP contribution < -0.4 is 0 Å². The predicted molar refractivity (Wildman–Crippen MR) is 59.9 cm³/mol. The number of carbonyl (C=O) groups is 1. The summed E-state index contributed by atoms with van der Waals surface area (Å²) in [6.45, 7) is 2.92. The van der Waals surface area contributed by atoms with Crippen LogP contribution in [0.25, 0.3) is 0 Å². The van der Waals surface area contributed by atoms with Crippen LogP contribution in [0.1, 0.15) is 26.2 Å². The Labute approximate surface area is 94.9 Å². The molecule has 4 heteroatoms. The van der Waals surface area contributed by atoms with Crippen molar-refractivity contribution in [3.8, 4) is 0 Å². The molecule has 1 saturated carbocycles. The third kappa shape index (κ3) is 2.67. The third-order valence-corrected chi connectivity index (χ3v) is 4.95. The van der Waals surface area contributed by atoms with Gasteiger partial charge in [0, 0.05) is 11.9 Å². The van der Waals surface area contributed by atoms with Crippen LogP contribution in [0.4, 0.5) is 0 Å². The molecule has 86 valence electrons. The van der Waals surface area contributed by atoms with Gasteiger partial charge in [-0.25, -0.2) is 0 Å². The summed E-state index contributed by atoms with van der Waals surface area (Å²) in [6, 6.07) is 0. The number of methoxy groups -OCH3 is 1. The Morgan fingerprint density at radius 3 is 2.67 bits per heavy atom. The van der Waals surface area contributed by atoms with E-state index in [4.69, 9.17) is 9.47 Å². The Kier molecular flexibility index (Phi) is 3.57. The van der Waals surface area contributed by atoms with Gasteiger partial charge in [-0.3, -0.25) is 4.79 Å². The SMILES string of the molecule is COC(=O)C(SC1CCOC1C)C1CC1. The molecule has 0 aromatic carbocycles. The Balaban J connectivity index is 1.91. The van der Waals surface area contributed by atoms with Crippen LogP contribution in [0.3, 0.4) is 0 Å². The average molecular weight is 230 g/mol. The van der Waals surface area contributed by atoms with Crippen LogP contribution >= 0.6 is 11.8 Å². The van der Waals surface area contributed by atoms with Gasteiger partial charge < -0.3 is 9.47 Å². The number of thioether (sulfide) groups is 1. The van der Waals surface area contributed by atoms with Gasteiger partial charge in [-0.15, -0.1) is 11.8 Å². The van der Waals surface area contributed by atoms with E-state index >= 15 is 0 Å². The van der Waals surface area contributed by atoms with Crippen molar-refractivity contribution in [3.63, 3.8) is 0 Å². The second-order valence-electron chi connectivity index (χ2n) is 4.32. The lowest BCUT2D eigenvalue weighted by atomic mass is 10.2. The average Bonchev–Trinajstić information content (AvgIpc) is 2.99. The van der Waals surface area contributed by atoms with Crippen molar-refractivity contribution in [3.05, 3.63) is 0 Å². The summed E-state index contributed by atoms with van der Waals surface area (Å²) in [4.78, 5) is 11.6. The van der Waals surface area contributed by atoms with E-state index in [0.717, 1.165) is 13.0 Å². The van der Waals surface area contributed by atoms with Gasteiger partial charge in [-0.1, -0.05) is 0 Å². The minimum absolute atomic E-state index is 0.0455. The van der Waals surface area contributed by atoms with Gasteiger partial charge in [0.05, 0.1) is 13.2 Å². The number of hydrogen-bond donors (Lipinski definition) is 0. The fourth-order valence-corrected chi connectivity index (χ4v) is 3.56.